The highest BCUT2D eigenvalue weighted by Gasteiger charge is 2.30. The quantitative estimate of drug-likeness (QED) is 0.558. The van der Waals surface area contributed by atoms with Gasteiger partial charge >= 0.3 is 18.0 Å². The second-order valence-corrected chi connectivity index (χ2v) is 7.01. The molecule has 0 aromatic heterocycles. The molecule has 3 rings (SSSR count). The van der Waals surface area contributed by atoms with Crippen molar-refractivity contribution >= 4 is 35.0 Å². The van der Waals surface area contributed by atoms with E-state index in [1.165, 1.54) is 17.8 Å². The van der Waals surface area contributed by atoms with Crippen LogP contribution in [0.25, 0.3) is 0 Å². The third-order valence-corrected chi connectivity index (χ3v) is 4.84. The van der Waals surface area contributed by atoms with Crippen molar-refractivity contribution in [1.82, 2.24) is 0 Å². The summed E-state index contributed by atoms with van der Waals surface area (Å²) >= 11 is 1.41. The third kappa shape index (κ3) is 5.61. The first-order chi connectivity index (χ1) is 13.8. The van der Waals surface area contributed by atoms with Crippen LogP contribution in [0.3, 0.4) is 0 Å². The molecule has 3 aromatic rings. The standard InChI is InChI=1S/C21H15F3N2O2S/c22-21(23,24)14-7-6-8-15(13-14)25-19(27)20(28)26-17-11-4-5-12-18(17)29-16-9-2-1-3-10-16/h1-13H,(H,25,27)(H,26,28). The Labute approximate surface area is 169 Å². The van der Waals surface area contributed by atoms with Gasteiger partial charge in [0.25, 0.3) is 0 Å². The number of rotatable bonds is 4. The van der Waals surface area contributed by atoms with Gasteiger partial charge in [-0.1, -0.05) is 48.2 Å². The summed E-state index contributed by atoms with van der Waals surface area (Å²) in [5.41, 5.74) is -0.613. The molecule has 4 nitrogen and oxygen atoms in total. The van der Waals surface area contributed by atoms with Gasteiger partial charge in [0.15, 0.2) is 0 Å². The van der Waals surface area contributed by atoms with Crippen LogP contribution in [0.2, 0.25) is 0 Å². The summed E-state index contributed by atoms with van der Waals surface area (Å²) < 4.78 is 38.3. The lowest BCUT2D eigenvalue weighted by molar-refractivity contribution is -0.137. The van der Waals surface area contributed by atoms with Crippen molar-refractivity contribution in [2.24, 2.45) is 0 Å². The number of halogens is 3. The monoisotopic (exact) mass is 416 g/mol. The molecule has 0 bridgehead atoms. The lowest BCUT2D eigenvalue weighted by Crippen LogP contribution is -2.29. The number of para-hydroxylation sites is 1. The average molecular weight is 416 g/mol. The number of alkyl halides is 3. The molecular formula is C21H15F3N2O2S. The molecule has 0 fully saturated rings. The highest BCUT2D eigenvalue weighted by atomic mass is 32.2. The molecule has 8 heteroatoms. The Morgan fingerprint density at radius 1 is 0.759 bits per heavy atom. The van der Waals surface area contributed by atoms with Crippen LogP contribution in [0.5, 0.6) is 0 Å². The normalized spacial score (nSPS) is 11.0. The fraction of sp³-hybridized carbons (Fsp3) is 0.0476. The van der Waals surface area contributed by atoms with E-state index in [1.54, 1.807) is 24.3 Å². The van der Waals surface area contributed by atoms with E-state index in [1.807, 2.05) is 30.3 Å². The first-order valence-corrected chi connectivity index (χ1v) is 9.26. The smallest absolute Gasteiger partial charge is 0.318 e. The fourth-order valence-electron chi connectivity index (χ4n) is 2.41. The van der Waals surface area contributed by atoms with E-state index in [0.717, 1.165) is 28.0 Å². The van der Waals surface area contributed by atoms with Crippen LogP contribution in [-0.2, 0) is 15.8 Å². The maximum atomic E-state index is 12.8. The van der Waals surface area contributed by atoms with Gasteiger partial charge in [-0.15, -0.1) is 0 Å². The van der Waals surface area contributed by atoms with E-state index < -0.39 is 23.6 Å². The van der Waals surface area contributed by atoms with Crippen molar-refractivity contribution in [3.8, 4) is 0 Å². The number of hydrogen-bond acceptors (Lipinski definition) is 3. The zero-order valence-corrected chi connectivity index (χ0v) is 15.7. The summed E-state index contributed by atoms with van der Waals surface area (Å²) in [5.74, 6) is -2.05. The molecule has 2 N–H and O–H groups in total. The Balaban J connectivity index is 1.70. The molecule has 0 aliphatic rings. The highest BCUT2D eigenvalue weighted by Crippen LogP contribution is 2.33. The summed E-state index contributed by atoms with van der Waals surface area (Å²) in [5, 5.41) is 4.69. The third-order valence-electron chi connectivity index (χ3n) is 3.76. The van der Waals surface area contributed by atoms with Gasteiger partial charge < -0.3 is 10.6 Å². The van der Waals surface area contributed by atoms with Gasteiger partial charge in [-0.05, 0) is 42.5 Å². The molecule has 0 radical (unpaired) electrons. The maximum Gasteiger partial charge on any atom is 0.416 e. The predicted octanol–water partition coefficient (Wildman–Crippen LogP) is 5.43. The fourth-order valence-corrected chi connectivity index (χ4v) is 3.34. The number of hydrogen-bond donors (Lipinski definition) is 2. The lowest BCUT2D eigenvalue weighted by Gasteiger charge is -2.12. The number of amides is 2. The van der Waals surface area contributed by atoms with E-state index in [0.29, 0.717) is 5.69 Å². The van der Waals surface area contributed by atoms with Crippen molar-refractivity contribution in [1.29, 1.82) is 0 Å². The lowest BCUT2D eigenvalue weighted by atomic mass is 10.2. The Hall–Kier alpha value is -3.26. The molecule has 29 heavy (non-hydrogen) atoms. The van der Waals surface area contributed by atoms with Crippen molar-refractivity contribution < 1.29 is 22.8 Å². The Kier molecular flexibility index (Phi) is 6.23. The molecule has 3 aromatic carbocycles. The van der Waals surface area contributed by atoms with Crippen molar-refractivity contribution in [3.63, 3.8) is 0 Å². The first kappa shape index (κ1) is 20.5. The predicted molar refractivity (Wildman–Crippen MR) is 106 cm³/mol. The molecule has 2 amide bonds. The molecule has 0 atom stereocenters. The van der Waals surface area contributed by atoms with Crippen LogP contribution in [0.4, 0.5) is 24.5 Å². The summed E-state index contributed by atoms with van der Waals surface area (Å²) in [6.45, 7) is 0. The molecule has 0 saturated heterocycles. The average Bonchev–Trinajstić information content (AvgIpc) is 2.70. The van der Waals surface area contributed by atoms with Crippen LogP contribution in [-0.4, -0.2) is 11.8 Å². The zero-order valence-electron chi connectivity index (χ0n) is 14.9. The maximum absolute atomic E-state index is 12.8. The number of carbonyl (C=O) groups excluding carboxylic acids is 2. The van der Waals surface area contributed by atoms with Crippen LogP contribution in [0.1, 0.15) is 5.56 Å². The van der Waals surface area contributed by atoms with Crippen LogP contribution in [0, 0.1) is 0 Å². The largest absolute Gasteiger partial charge is 0.416 e. The molecular weight excluding hydrogens is 401 g/mol. The minimum Gasteiger partial charge on any atom is -0.318 e. The second-order valence-electron chi connectivity index (χ2n) is 5.90. The Morgan fingerprint density at radius 2 is 1.41 bits per heavy atom. The van der Waals surface area contributed by atoms with Gasteiger partial charge in [-0.2, -0.15) is 13.2 Å². The zero-order chi connectivity index (χ0) is 20.9. The number of benzene rings is 3. The minimum absolute atomic E-state index is 0.119. The number of anilines is 2. The highest BCUT2D eigenvalue weighted by molar-refractivity contribution is 7.99. The SMILES string of the molecule is O=C(Nc1cccc(C(F)(F)F)c1)C(=O)Nc1ccccc1Sc1ccccc1. The molecule has 148 valence electrons. The first-order valence-electron chi connectivity index (χ1n) is 8.44. The Morgan fingerprint density at radius 3 is 2.14 bits per heavy atom. The summed E-state index contributed by atoms with van der Waals surface area (Å²) in [4.78, 5) is 26.1. The molecule has 0 spiro atoms. The van der Waals surface area contributed by atoms with Gasteiger partial charge in [0, 0.05) is 15.5 Å². The van der Waals surface area contributed by atoms with Crippen molar-refractivity contribution in [2.75, 3.05) is 10.6 Å². The minimum atomic E-state index is -4.55. The van der Waals surface area contributed by atoms with Crippen molar-refractivity contribution in [2.45, 2.75) is 16.0 Å². The topological polar surface area (TPSA) is 58.2 Å². The van der Waals surface area contributed by atoms with Crippen LogP contribution < -0.4 is 10.6 Å². The van der Waals surface area contributed by atoms with Crippen LogP contribution in [0.15, 0.2) is 88.7 Å². The van der Waals surface area contributed by atoms with Crippen molar-refractivity contribution in [3.05, 3.63) is 84.4 Å². The van der Waals surface area contributed by atoms with E-state index in [4.69, 9.17) is 0 Å². The van der Waals surface area contributed by atoms with Gasteiger partial charge in [0.1, 0.15) is 0 Å². The van der Waals surface area contributed by atoms with Crippen LogP contribution >= 0.6 is 11.8 Å². The van der Waals surface area contributed by atoms with E-state index in [-0.39, 0.29) is 5.69 Å². The van der Waals surface area contributed by atoms with E-state index >= 15 is 0 Å². The summed E-state index contributed by atoms with van der Waals surface area (Å²) in [6, 6.07) is 20.5. The van der Waals surface area contributed by atoms with Gasteiger partial charge in [0.2, 0.25) is 0 Å². The second kappa shape index (κ2) is 8.83. The Bertz CT molecular complexity index is 1020. The number of nitrogens with one attached hydrogen (secondary N) is 2. The molecule has 0 aliphatic heterocycles. The van der Waals surface area contributed by atoms with Gasteiger partial charge in [-0.3, -0.25) is 9.59 Å². The summed E-state index contributed by atoms with van der Waals surface area (Å²) in [7, 11) is 0. The molecule has 0 aliphatic carbocycles. The van der Waals surface area contributed by atoms with E-state index in [9.17, 15) is 22.8 Å². The summed E-state index contributed by atoms with van der Waals surface area (Å²) in [6.07, 6.45) is -4.55. The molecule has 0 saturated carbocycles. The molecule has 0 heterocycles. The molecule has 0 unspecified atom stereocenters. The van der Waals surface area contributed by atoms with Gasteiger partial charge in [-0.25, -0.2) is 0 Å². The van der Waals surface area contributed by atoms with E-state index in [2.05, 4.69) is 10.6 Å². The van der Waals surface area contributed by atoms with Gasteiger partial charge in [0.05, 0.1) is 11.3 Å². The number of carbonyl (C=O) groups is 2.